The summed E-state index contributed by atoms with van der Waals surface area (Å²) in [6.45, 7) is 1.11. The van der Waals surface area contributed by atoms with Crippen LogP contribution in [0.25, 0.3) is 0 Å². The summed E-state index contributed by atoms with van der Waals surface area (Å²) in [5.74, 6) is 0. The maximum atomic E-state index is 11.2. The van der Waals surface area contributed by atoms with Gasteiger partial charge in [0.15, 0.2) is 0 Å². The van der Waals surface area contributed by atoms with Gasteiger partial charge in [-0.2, -0.15) is 0 Å². The molecule has 0 aromatic carbocycles. The third-order valence-electron chi connectivity index (χ3n) is 2.29. The second-order valence-corrected chi connectivity index (χ2v) is 3.04. The number of carbonyl (C=O) groups excluding carboxylic acids is 1. The number of nitrogens with two attached hydrogens (primary N) is 1. The van der Waals surface area contributed by atoms with Crippen molar-refractivity contribution < 1.29 is 9.53 Å². The number of amides is 1. The van der Waals surface area contributed by atoms with Crippen LogP contribution in [-0.4, -0.2) is 37.2 Å². The van der Waals surface area contributed by atoms with Crippen molar-refractivity contribution in [2.75, 3.05) is 20.2 Å². The summed E-state index contributed by atoms with van der Waals surface area (Å²) in [4.78, 5) is 12.9. The minimum absolute atomic E-state index is 0.245. The lowest BCUT2D eigenvalue weighted by Crippen LogP contribution is -2.46. The molecular weight excluding hydrogens is 156 g/mol. The molecule has 0 bridgehead atoms. The van der Waals surface area contributed by atoms with Gasteiger partial charge in [-0.25, -0.2) is 4.79 Å². The lowest BCUT2D eigenvalue weighted by molar-refractivity contribution is 0.0838. The first kappa shape index (κ1) is 9.32. The Morgan fingerprint density at radius 3 is 2.67 bits per heavy atom. The van der Waals surface area contributed by atoms with E-state index in [9.17, 15) is 4.79 Å². The van der Waals surface area contributed by atoms with Gasteiger partial charge in [0, 0.05) is 19.1 Å². The molecule has 70 valence electrons. The first-order valence-corrected chi connectivity index (χ1v) is 4.34. The van der Waals surface area contributed by atoms with E-state index in [1.807, 2.05) is 0 Å². The van der Waals surface area contributed by atoms with E-state index in [1.165, 1.54) is 13.5 Å². The second-order valence-electron chi connectivity index (χ2n) is 3.04. The molecular formula is C8H16N2O2. The number of methoxy groups -OCH3 is 1. The lowest BCUT2D eigenvalue weighted by atomic mass is 9.92. The van der Waals surface area contributed by atoms with Crippen LogP contribution in [0.15, 0.2) is 0 Å². The van der Waals surface area contributed by atoms with Crippen LogP contribution in [0.4, 0.5) is 4.79 Å². The van der Waals surface area contributed by atoms with Crippen LogP contribution in [0.2, 0.25) is 0 Å². The third kappa shape index (κ3) is 1.88. The largest absolute Gasteiger partial charge is 0.453 e. The average molecular weight is 172 g/mol. The summed E-state index contributed by atoms with van der Waals surface area (Å²) in [6.07, 6.45) is 3.15. The SMILES string of the molecule is COC(=O)N(CCN)C1CCC1. The van der Waals surface area contributed by atoms with Crippen LogP contribution >= 0.6 is 0 Å². The van der Waals surface area contributed by atoms with Gasteiger partial charge in [0.25, 0.3) is 0 Å². The molecule has 4 heteroatoms. The molecule has 1 fully saturated rings. The van der Waals surface area contributed by atoms with Gasteiger partial charge in [-0.3, -0.25) is 0 Å². The Bertz CT molecular complexity index is 157. The van der Waals surface area contributed by atoms with Crippen molar-refractivity contribution in [3.8, 4) is 0 Å². The van der Waals surface area contributed by atoms with Crippen molar-refractivity contribution in [1.29, 1.82) is 0 Å². The van der Waals surface area contributed by atoms with Gasteiger partial charge < -0.3 is 15.4 Å². The summed E-state index contributed by atoms with van der Waals surface area (Å²) >= 11 is 0. The molecule has 0 atom stereocenters. The molecule has 4 nitrogen and oxygen atoms in total. The quantitative estimate of drug-likeness (QED) is 0.677. The molecule has 0 heterocycles. The summed E-state index contributed by atoms with van der Waals surface area (Å²) < 4.78 is 4.65. The van der Waals surface area contributed by atoms with Crippen LogP contribution in [0.1, 0.15) is 19.3 Å². The molecule has 0 radical (unpaired) electrons. The number of rotatable bonds is 3. The van der Waals surface area contributed by atoms with E-state index < -0.39 is 0 Å². The highest BCUT2D eigenvalue weighted by Crippen LogP contribution is 2.24. The van der Waals surface area contributed by atoms with E-state index in [1.54, 1.807) is 4.90 Å². The zero-order chi connectivity index (χ0) is 8.97. The zero-order valence-corrected chi connectivity index (χ0v) is 7.45. The van der Waals surface area contributed by atoms with Crippen molar-refractivity contribution >= 4 is 6.09 Å². The van der Waals surface area contributed by atoms with Gasteiger partial charge in [0.2, 0.25) is 0 Å². The molecule has 0 aliphatic heterocycles. The predicted octanol–water partition coefficient (Wildman–Crippen LogP) is 0.566. The van der Waals surface area contributed by atoms with Crippen LogP contribution in [0.3, 0.4) is 0 Å². The molecule has 12 heavy (non-hydrogen) atoms. The molecule has 1 aliphatic rings. The van der Waals surface area contributed by atoms with E-state index in [0.717, 1.165) is 12.8 Å². The normalized spacial score (nSPS) is 16.8. The molecule has 0 unspecified atom stereocenters. The fourth-order valence-corrected chi connectivity index (χ4v) is 1.38. The van der Waals surface area contributed by atoms with Gasteiger partial charge >= 0.3 is 6.09 Å². The van der Waals surface area contributed by atoms with Gasteiger partial charge in [-0.1, -0.05) is 0 Å². The van der Waals surface area contributed by atoms with Crippen molar-refractivity contribution in [2.24, 2.45) is 5.73 Å². The summed E-state index contributed by atoms with van der Waals surface area (Å²) in [5.41, 5.74) is 5.39. The third-order valence-corrected chi connectivity index (χ3v) is 2.29. The first-order valence-electron chi connectivity index (χ1n) is 4.34. The molecule has 0 aromatic heterocycles. The maximum Gasteiger partial charge on any atom is 0.409 e. The van der Waals surface area contributed by atoms with Crippen molar-refractivity contribution in [3.63, 3.8) is 0 Å². The second kappa shape index (κ2) is 4.30. The van der Waals surface area contributed by atoms with E-state index in [-0.39, 0.29) is 6.09 Å². The van der Waals surface area contributed by atoms with Gasteiger partial charge in [-0.15, -0.1) is 0 Å². The Balaban J connectivity index is 2.41. The minimum atomic E-state index is -0.245. The molecule has 1 amide bonds. The number of ether oxygens (including phenoxy) is 1. The Morgan fingerprint density at radius 1 is 1.67 bits per heavy atom. The number of carbonyl (C=O) groups is 1. The van der Waals surface area contributed by atoms with Crippen molar-refractivity contribution in [3.05, 3.63) is 0 Å². The number of nitrogens with zero attached hydrogens (tertiary/aromatic N) is 1. The summed E-state index contributed by atoms with van der Waals surface area (Å²) in [7, 11) is 1.41. The van der Waals surface area contributed by atoms with Gasteiger partial charge in [0.05, 0.1) is 7.11 Å². The number of hydrogen-bond donors (Lipinski definition) is 1. The van der Waals surface area contributed by atoms with Crippen molar-refractivity contribution in [2.45, 2.75) is 25.3 Å². The van der Waals surface area contributed by atoms with Crippen LogP contribution < -0.4 is 5.73 Å². The zero-order valence-electron chi connectivity index (χ0n) is 7.45. The highest BCUT2D eigenvalue weighted by atomic mass is 16.5. The monoisotopic (exact) mass is 172 g/mol. The molecule has 0 aromatic rings. The topological polar surface area (TPSA) is 55.6 Å². The Kier molecular flexibility index (Phi) is 3.34. The van der Waals surface area contributed by atoms with Gasteiger partial charge in [0.1, 0.15) is 0 Å². The molecule has 0 spiro atoms. The smallest absolute Gasteiger partial charge is 0.409 e. The van der Waals surface area contributed by atoms with Crippen LogP contribution in [0, 0.1) is 0 Å². The maximum absolute atomic E-state index is 11.2. The lowest BCUT2D eigenvalue weighted by Gasteiger charge is -2.36. The minimum Gasteiger partial charge on any atom is -0.453 e. The fraction of sp³-hybridized carbons (Fsp3) is 0.875. The summed E-state index contributed by atoms with van der Waals surface area (Å²) in [5, 5.41) is 0. The highest BCUT2D eigenvalue weighted by Gasteiger charge is 2.28. The Labute approximate surface area is 72.7 Å². The first-order chi connectivity index (χ1) is 5.79. The van der Waals surface area contributed by atoms with E-state index in [0.29, 0.717) is 19.1 Å². The van der Waals surface area contributed by atoms with E-state index in [2.05, 4.69) is 4.74 Å². The molecule has 1 rings (SSSR count). The molecule has 0 saturated heterocycles. The highest BCUT2D eigenvalue weighted by molar-refractivity contribution is 5.68. The molecule has 2 N–H and O–H groups in total. The van der Waals surface area contributed by atoms with E-state index >= 15 is 0 Å². The van der Waals surface area contributed by atoms with Crippen LogP contribution in [0.5, 0.6) is 0 Å². The standard InChI is InChI=1S/C8H16N2O2/c1-12-8(11)10(6-5-9)7-3-2-4-7/h7H,2-6,9H2,1H3. The fourth-order valence-electron chi connectivity index (χ4n) is 1.38. The Hall–Kier alpha value is -0.770. The molecule has 1 saturated carbocycles. The van der Waals surface area contributed by atoms with Gasteiger partial charge in [-0.05, 0) is 19.3 Å². The molecule has 1 aliphatic carbocycles. The number of hydrogen-bond acceptors (Lipinski definition) is 3. The van der Waals surface area contributed by atoms with Crippen LogP contribution in [-0.2, 0) is 4.74 Å². The average Bonchev–Trinajstić information content (AvgIpc) is 1.99. The van der Waals surface area contributed by atoms with E-state index in [4.69, 9.17) is 5.73 Å². The summed E-state index contributed by atoms with van der Waals surface area (Å²) in [6, 6.07) is 0.376. The van der Waals surface area contributed by atoms with Crippen molar-refractivity contribution in [1.82, 2.24) is 4.90 Å². The Morgan fingerprint density at radius 2 is 2.33 bits per heavy atom. The predicted molar refractivity (Wildman–Crippen MR) is 45.8 cm³/mol.